The molecule has 0 spiro atoms. The van der Waals surface area contributed by atoms with Crippen molar-refractivity contribution in [2.45, 2.75) is 26.7 Å². The SMILES string of the molecule is CCCP(C)CCC. The number of hydrogen-bond donors (Lipinski definition) is 0. The van der Waals surface area contributed by atoms with Crippen LogP contribution in [-0.4, -0.2) is 19.0 Å². The Morgan fingerprint density at radius 3 is 1.62 bits per heavy atom. The minimum atomic E-state index is 0.419. The van der Waals surface area contributed by atoms with Crippen LogP contribution in [0.3, 0.4) is 0 Å². The summed E-state index contributed by atoms with van der Waals surface area (Å²) in [6.45, 7) is 6.95. The molecule has 0 aliphatic rings. The van der Waals surface area contributed by atoms with Crippen LogP contribution in [0.1, 0.15) is 26.7 Å². The quantitative estimate of drug-likeness (QED) is 0.516. The van der Waals surface area contributed by atoms with Crippen LogP contribution in [0.2, 0.25) is 0 Å². The normalized spacial score (nSPS) is 10.5. The molecule has 0 aromatic carbocycles. The summed E-state index contributed by atoms with van der Waals surface area (Å²) in [5.41, 5.74) is 0. The van der Waals surface area contributed by atoms with E-state index in [0.717, 1.165) is 0 Å². The molecule has 0 saturated heterocycles. The van der Waals surface area contributed by atoms with Crippen molar-refractivity contribution in [3.63, 3.8) is 0 Å². The topological polar surface area (TPSA) is 0 Å². The third kappa shape index (κ3) is 4.59. The third-order valence-electron chi connectivity index (χ3n) is 1.21. The second-order valence-corrected chi connectivity index (χ2v) is 4.91. The van der Waals surface area contributed by atoms with Gasteiger partial charge in [-0.3, -0.25) is 0 Å². The molecule has 1 heteroatoms. The molecule has 0 aromatic rings. The monoisotopic (exact) mass is 132 g/mol. The first-order valence-electron chi connectivity index (χ1n) is 3.49. The summed E-state index contributed by atoms with van der Waals surface area (Å²) in [7, 11) is 0.419. The first-order chi connectivity index (χ1) is 3.81. The van der Waals surface area contributed by atoms with Crippen LogP contribution in [0.25, 0.3) is 0 Å². The molecule has 0 nitrogen and oxygen atoms in total. The maximum atomic E-state index is 2.41. The van der Waals surface area contributed by atoms with E-state index in [9.17, 15) is 0 Å². The van der Waals surface area contributed by atoms with Gasteiger partial charge in [0.15, 0.2) is 0 Å². The molecule has 0 amide bonds. The van der Waals surface area contributed by atoms with Crippen LogP contribution in [-0.2, 0) is 0 Å². The van der Waals surface area contributed by atoms with Gasteiger partial charge >= 0.3 is 0 Å². The van der Waals surface area contributed by atoms with Crippen LogP contribution in [0.5, 0.6) is 0 Å². The Balaban J connectivity index is 2.92. The standard InChI is InChI=1S/C7H17P/c1-4-6-8(3)7-5-2/h4-7H2,1-3H3. The minimum absolute atomic E-state index is 0.419. The van der Waals surface area contributed by atoms with Gasteiger partial charge in [-0.25, -0.2) is 0 Å². The molecule has 0 bridgehead atoms. The molecule has 0 fully saturated rings. The zero-order valence-corrected chi connectivity index (χ0v) is 7.17. The van der Waals surface area contributed by atoms with Crippen LogP contribution in [0.15, 0.2) is 0 Å². The van der Waals surface area contributed by atoms with Crippen molar-refractivity contribution in [1.82, 2.24) is 0 Å². The molecule has 0 aliphatic heterocycles. The summed E-state index contributed by atoms with van der Waals surface area (Å²) in [6.07, 6.45) is 5.71. The molecule has 0 saturated carbocycles. The molecule has 0 unspecified atom stereocenters. The van der Waals surface area contributed by atoms with Crippen molar-refractivity contribution in [1.29, 1.82) is 0 Å². The average Bonchev–Trinajstić information content (AvgIpc) is 1.68. The van der Waals surface area contributed by atoms with Gasteiger partial charge in [-0.05, 0) is 19.0 Å². The van der Waals surface area contributed by atoms with E-state index in [1.165, 1.54) is 25.2 Å². The molecule has 0 atom stereocenters. The predicted molar refractivity (Wildman–Crippen MR) is 43.2 cm³/mol. The highest BCUT2D eigenvalue weighted by Gasteiger charge is 1.94. The van der Waals surface area contributed by atoms with Gasteiger partial charge in [-0.15, -0.1) is 7.92 Å². The Labute approximate surface area is 54.4 Å². The molecule has 0 N–H and O–H groups in total. The van der Waals surface area contributed by atoms with E-state index in [2.05, 4.69) is 20.5 Å². The fraction of sp³-hybridized carbons (Fsp3) is 1.00. The maximum absolute atomic E-state index is 2.41. The molecule has 50 valence electrons. The summed E-state index contributed by atoms with van der Waals surface area (Å²) in [4.78, 5) is 0. The lowest BCUT2D eigenvalue weighted by molar-refractivity contribution is 1.06. The van der Waals surface area contributed by atoms with Crippen LogP contribution < -0.4 is 0 Å². The maximum Gasteiger partial charge on any atom is -0.0331 e. The molecular weight excluding hydrogens is 115 g/mol. The highest BCUT2D eigenvalue weighted by molar-refractivity contribution is 7.56. The van der Waals surface area contributed by atoms with Crippen molar-refractivity contribution >= 4 is 7.92 Å². The third-order valence-corrected chi connectivity index (χ3v) is 3.63. The van der Waals surface area contributed by atoms with Gasteiger partial charge in [0.1, 0.15) is 0 Å². The highest BCUT2D eigenvalue weighted by atomic mass is 31.1. The van der Waals surface area contributed by atoms with Crippen molar-refractivity contribution in [3.8, 4) is 0 Å². The summed E-state index contributed by atoms with van der Waals surface area (Å²) in [6, 6.07) is 0. The lowest BCUT2D eigenvalue weighted by Gasteiger charge is -2.06. The van der Waals surface area contributed by atoms with Crippen LogP contribution >= 0.6 is 7.92 Å². The van der Waals surface area contributed by atoms with Crippen molar-refractivity contribution in [2.75, 3.05) is 19.0 Å². The summed E-state index contributed by atoms with van der Waals surface area (Å²) >= 11 is 0. The van der Waals surface area contributed by atoms with E-state index in [4.69, 9.17) is 0 Å². The fourth-order valence-corrected chi connectivity index (χ4v) is 2.63. The second kappa shape index (κ2) is 5.56. The van der Waals surface area contributed by atoms with E-state index in [1.54, 1.807) is 0 Å². The molecule has 0 aromatic heterocycles. The van der Waals surface area contributed by atoms with E-state index in [-0.39, 0.29) is 0 Å². The first-order valence-corrected chi connectivity index (χ1v) is 5.65. The average molecular weight is 132 g/mol. The summed E-state index contributed by atoms with van der Waals surface area (Å²) in [5, 5.41) is 0. The Bertz CT molecular complexity index is 37.7. The Hall–Kier alpha value is 0.430. The van der Waals surface area contributed by atoms with Gasteiger partial charge in [0.25, 0.3) is 0 Å². The zero-order valence-electron chi connectivity index (χ0n) is 6.28. The molecular formula is C7H17P. The smallest absolute Gasteiger partial charge is 0.0331 e. The Morgan fingerprint density at radius 2 is 1.38 bits per heavy atom. The lowest BCUT2D eigenvalue weighted by Crippen LogP contribution is -1.84. The predicted octanol–water partition coefficient (Wildman–Crippen LogP) is 2.92. The van der Waals surface area contributed by atoms with Gasteiger partial charge < -0.3 is 0 Å². The summed E-state index contributed by atoms with van der Waals surface area (Å²) < 4.78 is 0. The van der Waals surface area contributed by atoms with Crippen molar-refractivity contribution in [3.05, 3.63) is 0 Å². The van der Waals surface area contributed by atoms with Gasteiger partial charge in [0, 0.05) is 0 Å². The van der Waals surface area contributed by atoms with E-state index in [1.807, 2.05) is 0 Å². The van der Waals surface area contributed by atoms with Crippen LogP contribution in [0, 0.1) is 0 Å². The second-order valence-electron chi connectivity index (χ2n) is 2.30. The van der Waals surface area contributed by atoms with Gasteiger partial charge in [-0.2, -0.15) is 0 Å². The van der Waals surface area contributed by atoms with Crippen molar-refractivity contribution < 1.29 is 0 Å². The largest absolute Gasteiger partial charge is 0.110 e. The van der Waals surface area contributed by atoms with Gasteiger partial charge in [0.2, 0.25) is 0 Å². The van der Waals surface area contributed by atoms with E-state index >= 15 is 0 Å². The zero-order chi connectivity index (χ0) is 6.41. The number of rotatable bonds is 4. The minimum Gasteiger partial charge on any atom is -0.110 e. The van der Waals surface area contributed by atoms with E-state index < -0.39 is 0 Å². The Morgan fingerprint density at radius 1 is 1.00 bits per heavy atom. The van der Waals surface area contributed by atoms with Crippen LogP contribution in [0.4, 0.5) is 0 Å². The van der Waals surface area contributed by atoms with Gasteiger partial charge in [-0.1, -0.05) is 26.7 Å². The molecule has 0 aliphatic carbocycles. The Kier molecular flexibility index (Phi) is 5.86. The molecule has 0 rings (SSSR count). The number of hydrogen-bond acceptors (Lipinski definition) is 0. The first kappa shape index (κ1) is 8.43. The van der Waals surface area contributed by atoms with E-state index in [0.29, 0.717) is 7.92 Å². The molecule has 8 heavy (non-hydrogen) atoms. The molecule has 0 radical (unpaired) electrons. The summed E-state index contributed by atoms with van der Waals surface area (Å²) in [5.74, 6) is 0. The van der Waals surface area contributed by atoms with Gasteiger partial charge in [0.05, 0.1) is 0 Å². The highest BCUT2D eigenvalue weighted by Crippen LogP contribution is 2.31. The lowest BCUT2D eigenvalue weighted by atomic mass is 10.6. The fourth-order valence-electron chi connectivity index (χ4n) is 0.875. The van der Waals surface area contributed by atoms with Crippen molar-refractivity contribution in [2.24, 2.45) is 0 Å². The molecule has 0 heterocycles.